The molecule has 1 aromatic rings. The Morgan fingerprint density at radius 2 is 2.00 bits per heavy atom. The van der Waals surface area contributed by atoms with Crippen LogP contribution in [0.3, 0.4) is 0 Å². The molecular formula is C10H9BrO4. The van der Waals surface area contributed by atoms with Gasteiger partial charge in [-0.05, 0) is 18.2 Å². The second-order valence-corrected chi connectivity index (χ2v) is 4.31. The lowest BCUT2D eigenvalue weighted by Crippen LogP contribution is -2.34. The van der Waals surface area contributed by atoms with Gasteiger partial charge >= 0.3 is 5.97 Å². The van der Waals surface area contributed by atoms with Gasteiger partial charge < -0.3 is 14.9 Å². The first-order valence-electron chi connectivity index (χ1n) is 4.38. The molecule has 1 aliphatic rings. The van der Waals surface area contributed by atoms with E-state index >= 15 is 0 Å². The van der Waals surface area contributed by atoms with Gasteiger partial charge in [0.1, 0.15) is 0 Å². The summed E-state index contributed by atoms with van der Waals surface area (Å²) < 4.78 is 5.78. The molecular weight excluding hydrogens is 264 g/mol. The fraction of sp³-hybridized carbons (Fsp3) is 0.300. The van der Waals surface area contributed by atoms with E-state index in [-0.39, 0.29) is 0 Å². The quantitative estimate of drug-likeness (QED) is 0.782. The first kappa shape index (κ1) is 10.6. The number of fused-ring (bicyclic) bond motifs is 1. The van der Waals surface area contributed by atoms with Crippen molar-refractivity contribution >= 4 is 21.9 Å². The van der Waals surface area contributed by atoms with Crippen molar-refractivity contribution in [3.8, 4) is 0 Å². The van der Waals surface area contributed by atoms with Gasteiger partial charge in [-0.3, -0.25) is 0 Å². The normalized spacial score (nSPS) is 17.4. The third-order valence-electron chi connectivity index (χ3n) is 2.49. The second-order valence-electron chi connectivity index (χ2n) is 3.39. The van der Waals surface area contributed by atoms with Crippen molar-refractivity contribution < 1.29 is 19.7 Å². The Bertz CT molecular complexity index is 412. The average Bonchev–Trinajstić information content (AvgIpc) is 2.52. The Labute approximate surface area is 94.6 Å². The third kappa shape index (κ3) is 1.47. The topological polar surface area (TPSA) is 66.8 Å². The summed E-state index contributed by atoms with van der Waals surface area (Å²) in [6.07, 6.45) is 0. The first-order valence-corrected chi connectivity index (χ1v) is 5.17. The predicted octanol–water partition coefficient (Wildman–Crippen LogP) is 0.799. The summed E-state index contributed by atoms with van der Waals surface area (Å²) >= 11 is 3.26. The molecule has 1 aromatic carbocycles. The lowest BCUT2D eigenvalue weighted by molar-refractivity contribution is -0.0680. The van der Waals surface area contributed by atoms with Crippen LogP contribution in [0.15, 0.2) is 22.7 Å². The van der Waals surface area contributed by atoms with Crippen LogP contribution in [0.2, 0.25) is 0 Å². The average molecular weight is 273 g/mol. The molecule has 4 nitrogen and oxygen atoms in total. The van der Waals surface area contributed by atoms with E-state index in [1.807, 2.05) is 0 Å². The largest absolute Gasteiger partial charge is 0.446 e. The monoisotopic (exact) mass is 272 g/mol. The number of benzene rings is 1. The highest BCUT2D eigenvalue weighted by atomic mass is 79.9. The van der Waals surface area contributed by atoms with Crippen LogP contribution >= 0.6 is 15.9 Å². The molecule has 0 fully saturated rings. The Hall–Kier alpha value is -0.910. The Balaban J connectivity index is 2.61. The summed E-state index contributed by atoms with van der Waals surface area (Å²) in [6.45, 7) is -0.864. The number of hydrogen-bond donors (Lipinski definition) is 2. The highest BCUT2D eigenvalue weighted by molar-refractivity contribution is 9.10. The predicted molar refractivity (Wildman–Crippen MR) is 55.4 cm³/mol. The zero-order valence-electron chi connectivity index (χ0n) is 7.74. The number of aliphatic hydroxyl groups is 2. The van der Waals surface area contributed by atoms with E-state index in [1.165, 1.54) is 0 Å². The molecule has 5 heteroatoms. The molecule has 0 bridgehead atoms. The Morgan fingerprint density at radius 3 is 2.60 bits per heavy atom. The molecule has 15 heavy (non-hydrogen) atoms. The third-order valence-corrected chi connectivity index (χ3v) is 2.98. The second kappa shape index (κ2) is 3.59. The lowest BCUT2D eigenvalue weighted by atomic mass is 9.94. The molecule has 0 unspecified atom stereocenters. The van der Waals surface area contributed by atoms with Gasteiger partial charge in [-0.2, -0.15) is 0 Å². The number of cyclic esters (lactones) is 1. The molecule has 0 radical (unpaired) electrons. The maximum Gasteiger partial charge on any atom is 0.339 e. The van der Waals surface area contributed by atoms with E-state index in [0.717, 1.165) is 4.47 Å². The SMILES string of the molecule is O=C1OC(CO)(CO)c2cc(Br)ccc21. The minimum absolute atomic E-state index is 0.390. The van der Waals surface area contributed by atoms with Crippen LogP contribution in [0.4, 0.5) is 0 Å². The minimum atomic E-state index is -1.30. The van der Waals surface area contributed by atoms with Crippen LogP contribution in [-0.2, 0) is 10.3 Å². The van der Waals surface area contributed by atoms with E-state index < -0.39 is 24.8 Å². The first-order chi connectivity index (χ1) is 7.13. The molecule has 0 saturated carbocycles. The summed E-state index contributed by atoms with van der Waals surface area (Å²) in [5.41, 5.74) is -0.385. The van der Waals surface area contributed by atoms with Crippen molar-refractivity contribution in [3.05, 3.63) is 33.8 Å². The van der Waals surface area contributed by atoms with Gasteiger partial charge in [-0.25, -0.2) is 4.79 Å². The van der Waals surface area contributed by atoms with Crippen LogP contribution in [0.5, 0.6) is 0 Å². The van der Waals surface area contributed by atoms with E-state index in [0.29, 0.717) is 11.1 Å². The lowest BCUT2D eigenvalue weighted by Gasteiger charge is -2.23. The Morgan fingerprint density at radius 1 is 1.33 bits per heavy atom. The van der Waals surface area contributed by atoms with Crippen LogP contribution in [0.25, 0.3) is 0 Å². The van der Waals surface area contributed by atoms with Crippen LogP contribution < -0.4 is 0 Å². The van der Waals surface area contributed by atoms with Gasteiger partial charge in [0, 0.05) is 10.0 Å². The van der Waals surface area contributed by atoms with E-state index in [9.17, 15) is 15.0 Å². The molecule has 0 atom stereocenters. The molecule has 1 heterocycles. The van der Waals surface area contributed by atoms with E-state index in [1.54, 1.807) is 18.2 Å². The maximum atomic E-state index is 11.5. The molecule has 2 rings (SSSR count). The van der Waals surface area contributed by atoms with Gasteiger partial charge in [0.05, 0.1) is 18.8 Å². The highest BCUT2D eigenvalue weighted by Gasteiger charge is 2.44. The number of carbonyl (C=O) groups is 1. The zero-order chi connectivity index (χ0) is 11.1. The number of aliphatic hydroxyl groups excluding tert-OH is 2. The summed E-state index contributed by atoms with van der Waals surface area (Å²) in [6, 6.07) is 4.99. The summed E-state index contributed by atoms with van der Waals surface area (Å²) in [5, 5.41) is 18.4. The highest BCUT2D eigenvalue weighted by Crippen LogP contribution is 2.37. The number of rotatable bonds is 2. The van der Waals surface area contributed by atoms with Crippen LogP contribution in [-0.4, -0.2) is 29.4 Å². The molecule has 0 aliphatic carbocycles. The smallest absolute Gasteiger partial charge is 0.339 e. The number of hydrogen-bond acceptors (Lipinski definition) is 4. The van der Waals surface area contributed by atoms with Crippen LogP contribution in [0, 0.1) is 0 Å². The van der Waals surface area contributed by atoms with Gasteiger partial charge in [-0.1, -0.05) is 15.9 Å². The number of ether oxygens (including phenoxy) is 1. The number of carbonyl (C=O) groups excluding carboxylic acids is 1. The zero-order valence-corrected chi connectivity index (χ0v) is 9.32. The fourth-order valence-corrected chi connectivity index (χ4v) is 2.00. The van der Waals surface area contributed by atoms with Crippen molar-refractivity contribution in [1.29, 1.82) is 0 Å². The van der Waals surface area contributed by atoms with Gasteiger partial charge in [0.25, 0.3) is 0 Å². The van der Waals surface area contributed by atoms with E-state index in [2.05, 4.69) is 15.9 Å². The molecule has 0 amide bonds. The summed E-state index contributed by atoms with van der Waals surface area (Å²) in [7, 11) is 0. The molecule has 0 spiro atoms. The van der Waals surface area contributed by atoms with Crippen LogP contribution in [0.1, 0.15) is 15.9 Å². The van der Waals surface area contributed by atoms with Gasteiger partial charge in [0.2, 0.25) is 0 Å². The molecule has 0 saturated heterocycles. The van der Waals surface area contributed by atoms with Crippen molar-refractivity contribution in [2.45, 2.75) is 5.60 Å². The maximum absolute atomic E-state index is 11.5. The Kier molecular flexibility index (Phi) is 2.54. The van der Waals surface area contributed by atoms with Gasteiger partial charge in [0.15, 0.2) is 5.60 Å². The van der Waals surface area contributed by atoms with Crippen molar-refractivity contribution in [2.75, 3.05) is 13.2 Å². The minimum Gasteiger partial charge on any atom is -0.446 e. The molecule has 0 aromatic heterocycles. The van der Waals surface area contributed by atoms with Gasteiger partial charge in [-0.15, -0.1) is 0 Å². The number of esters is 1. The van der Waals surface area contributed by atoms with Crippen molar-refractivity contribution in [1.82, 2.24) is 0 Å². The fourth-order valence-electron chi connectivity index (χ4n) is 1.64. The molecule has 80 valence electrons. The number of halogens is 1. The summed E-state index contributed by atoms with van der Waals surface area (Å²) in [5.74, 6) is -0.513. The molecule has 1 aliphatic heterocycles. The van der Waals surface area contributed by atoms with E-state index in [4.69, 9.17) is 4.74 Å². The van der Waals surface area contributed by atoms with Crippen molar-refractivity contribution in [2.24, 2.45) is 0 Å². The molecule has 2 N–H and O–H groups in total. The standard InChI is InChI=1S/C10H9BrO4/c11-6-1-2-7-8(3-6)10(4-12,5-13)15-9(7)14/h1-3,12-13H,4-5H2. The van der Waals surface area contributed by atoms with Crippen molar-refractivity contribution in [3.63, 3.8) is 0 Å². The summed E-state index contributed by atoms with van der Waals surface area (Å²) in [4.78, 5) is 11.5.